The Bertz CT molecular complexity index is 799. The van der Waals surface area contributed by atoms with Gasteiger partial charge in [0.2, 0.25) is 0 Å². The van der Waals surface area contributed by atoms with Gasteiger partial charge in [-0.2, -0.15) is 0 Å². The van der Waals surface area contributed by atoms with Crippen LogP contribution in [0.25, 0.3) is 0 Å². The van der Waals surface area contributed by atoms with Gasteiger partial charge in [0, 0.05) is 25.2 Å². The van der Waals surface area contributed by atoms with Crippen LogP contribution in [0.2, 0.25) is 0 Å². The molecule has 0 aromatic heterocycles. The summed E-state index contributed by atoms with van der Waals surface area (Å²) in [5, 5.41) is 11.0. The van der Waals surface area contributed by atoms with Crippen molar-refractivity contribution in [1.82, 2.24) is 4.90 Å². The Morgan fingerprint density at radius 3 is 2.52 bits per heavy atom. The molecule has 1 aliphatic heterocycles. The van der Waals surface area contributed by atoms with Gasteiger partial charge in [0.15, 0.2) is 0 Å². The molecule has 0 N–H and O–H groups in total. The maximum absolute atomic E-state index is 12.9. The van der Waals surface area contributed by atoms with Crippen LogP contribution in [0.15, 0.2) is 48.5 Å². The molecule has 1 amide bonds. The predicted octanol–water partition coefficient (Wildman–Crippen LogP) is 4.09. The van der Waals surface area contributed by atoms with Gasteiger partial charge in [-0.05, 0) is 43.2 Å². The van der Waals surface area contributed by atoms with Crippen LogP contribution >= 0.6 is 0 Å². The van der Waals surface area contributed by atoms with Crippen molar-refractivity contribution in [3.63, 3.8) is 0 Å². The minimum Gasteiger partial charge on any atom is -0.496 e. The summed E-state index contributed by atoms with van der Waals surface area (Å²) in [6.45, 7) is 1.34. The van der Waals surface area contributed by atoms with Crippen molar-refractivity contribution in [1.29, 1.82) is 0 Å². The lowest BCUT2D eigenvalue weighted by molar-refractivity contribution is -0.384. The van der Waals surface area contributed by atoms with E-state index in [-0.39, 0.29) is 17.2 Å². The van der Waals surface area contributed by atoms with Crippen molar-refractivity contribution in [3.8, 4) is 5.75 Å². The number of rotatable bonds is 6. The molecule has 0 unspecified atom stereocenters. The van der Waals surface area contributed by atoms with E-state index in [4.69, 9.17) is 4.74 Å². The Hall–Kier alpha value is -2.89. The van der Waals surface area contributed by atoms with E-state index >= 15 is 0 Å². The van der Waals surface area contributed by atoms with Crippen molar-refractivity contribution >= 4 is 11.6 Å². The van der Waals surface area contributed by atoms with Crippen LogP contribution in [0.3, 0.4) is 0 Å². The second-order valence-corrected chi connectivity index (χ2v) is 6.90. The molecule has 0 atom stereocenters. The van der Waals surface area contributed by atoms with Gasteiger partial charge in [0.25, 0.3) is 11.6 Å². The number of nitro groups is 1. The number of ether oxygens (including phenoxy) is 1. The van der Waals surface area contributed by atoms with Gasteiger partial charge in [-0.3, -0.25) is 14.9 Å². The normalized spacial score (nSPS) is 14.8. The van der Waals surface area contributed by atoms with Crippen LogP contribution in [-0.4, -0.2) is 35.9 Å². The van der Waals surface area contributed by atoms with Crippen LogP contribution in [0.5, 0.6) is 5.75 Å². The third-order valence-corrected chi connectivity index (χ3v) is 5.21. The molecule has 2 aromatic carbocycles. The van der Waals surface area contributed by atoms with Crippen molar-refractivity contribution in [3.05, 3.63) is 69.8 Å². The highest BCUT2D eigenvalue weighted by Crippen LogP contribution is 2.28. The van der Waals surface area contributed by atoms with Crippen molar-refractivity contribution in [2.24, 2.45) is 5.92 Å². The highest BCUT2D eigenvalue weighted by Gasteiger charge is 2.26. The molecule has 6 heteroatoms. The van der Waals surface area contributed by atoms with Gasteiger partial charge in [-0.1, -0.05) is 30.3 Å². The Labute approximate surface area is 158 Å². The standard InChI is InChI=1S/C21H24N2O4/c1-27-20-10-9-18(23(25)26)15-19(20)21(24)22-13-11-17(12-14-22)8-7-16-5-3-2-4-6-16/h2-6,9-10,15,17H,7-8,11-14H2,1H3. The lowest BCUT2D eigenvalue weighted by Crippen LogP contribution is -2.38. The van der Waals surface area contributed by atoms with Gasteiger partial charge >= 0.3 is 0 Å². The van der Waals surface area contributed by atoms with Crippen molar-refractivity contribution in [2.45, 2.75) is 25.7 Å². The third kappa shape index (κ3) is 4.64. The van der Waals surface area contributed by atoms with E-state index in [1.807, 2.05) is 6.07 Å². The molecule has 0 spiro atoms. The van der Waals surface area contributed by atoms with Crippen LogP contribution in [0, 0.1) is 16.0 Å². The lowest BCUT2D eigenvalue weighted by Gasteiger charge is -2.32. The lowest BCUT2D eigenvalue weighted by atomic mass is 9.90. The zero-order valence-electron chi connectivity index (χ0n) is 15.5. The molecular weight excluding hydrogens is 344 g/mol. The van der Waals surface area contributed by atoms with E-state index in [2.05, 4.69) is 24.3 Å². The van der Waals surface area contributed by atoms with Crippen LogP contribution in [0.4, 0.5) is 5.69 Å². The molecular formula is C21H24N2O4. The number of carbonyl (C=O) groups excluding carboxylic acids is 1. The Morgan fingerprint density at radius 1 is 1.19 bits per heavy atom. The first kappa shape index (κ1) is 18.9. The molecule has 27 heavy (non-hydrogen) atoms. The maximum atomic E-state index is 12.9. The summed E-state index contributed by atoms with van der Waals surface area (Å²) in [7, 11) is 1.47. The molecule has 0 radical (unpaired) electrons. The minimum atomic E-state index is -0.494. The number of aryl methyl sites for hydroxylation is 1. The Morgan fingerprint density at radius 2 is 1.89 bits per heavy atom. The first-order valence-corrected chi connectivity index (χ1v) is 9.24. The number of hydrogen-bond donors (Lipinski definition) is 0. The summed E-state index contributed by atoms with van der Waals surface area (Å²) in [5.41, 5.74) is 1.50. The number of likely N-dealkylation sites (tertiary alicyclic amines) is 1. The first-order valence-electron chi connectivity index (χ1n) is 9.24. The number of nitrogens with zero attached hydrogens (tertiary/aromatic N) is 2. The molecule has 142 valence electrons. The second-order valence-electron chi connectivity index (χ2n) is 6.90. The fourth-order valence-electron chi connectivity index (χ4n) is 3.59. The molecule has 0 bridgehead atoms. The molecule has 1 fully saturated rings. The molecule has 0 aliphatic carbocycles. The first-order chi connectivity index (χ1) is 13.1. The van der Waals surface area contributed by atoms with Gasteiger partial charge in [-0.15, -0.1) is 0 Å². The molecule has 6 nitrogen and oxygen atoms in total. The number of hydrogen-bond acceptors (Lipinski definition) is 4. The number of non-ortho nitro benzene ring substituents is 1. The monoisotopic (exact) mass is 368 g/mol. The average Bonchev–Trinajstić information content (AvgIpc) is 2.72. The summed E-state index contributed by atoms with van der Waals surface area (Å²) in [4.78, 5) is 25.2. The molecule has 1 heterocycles. The van der Waals surface area contributed by atoms with E-state index in [0.717, 1.165) is 25.7 Å². The third-order valence-electron chi connectivity index (χ3n) is 5.21. The summed E-state index contributed by atoms with van der Waals surface area (Å²) in [6.07, 6.45) is 4.08. The zero-order valence-corrected chi connectivity index (χ0v) is 15.5. The molecule has 2 aromatic rings. The summed E-state index contributed by atoms with van der Waals surface area (Å²) >= 11 is 0. The van der Waals surface area contributed by atoms with E-state index in [9.17, 15) is 14.9 Å². The van der Waals surface area contributed by atoms with E-state index < -0.39 is 4.92 Å². The maximum Gasteiger partial charge on any atom is 0.270 e. The topological polar surface area (TPSA) is 72.7 Å². The Balaban J connectivity index is 1.60. The van der Waals surface area contributed by atoms with Crippen molar-refractivity contribution < 1.29 is 14.5 Å². The number of carbonyl (C=O) groups is 1. The highest BCUT2D eigenvalue weighted by atomic mass is 16.6. The number of piperidine rings is 1. The van der Waals surface area contributed by atoms with E-state index in [1.165, 1.54) is 30.9 Å². The summed E-state index contributed by atoms with van der Waals surface area (Å²) < 4.78 is 5.23. The second kappa shape index (κ2) is 8.66. The zero-order chi connectivity index (χ0) is 19.2. The van der Waals surface area contributed by atoms with Gasteiger partial charge < -0.3 is 9.64 Å². The van der Waals surface area contributed by atoms with E-state index in [1.54, 1.807) is 4.90 Å². The van der Waals surface area contributed by atoms with Gasteiger partial charge in [0.05, 0.1) is 17.6 Å². The predicted molar refractivity (Wildman–Crippen MR) is 103 cm³/mol. The quantitative estimate of drug-likeness (QED) is 0.569. The number of amides is 1. The smallest absolute Gasteiger partial charge is 0.270 e. The summed E-state index contributed by atoms with van der Waals surface area (Å²) in [5.74, 6) is 0.773. The van der Waals surface area contributed by atoms with Crippen LogP contribution < -0.4 is 4.74 Å². The van der Waals surface area contributed by atoms with Gasteiger partial charge in [0.1, 0.15) is 5.75 Å². The van der Waals surface area contributed by atoms with Crippen molar-refractivity contribution in [2.75, 3.05) is 20.2 Å². The molecule has 1 aliphatic rings. The SMILES string of the molecule is COc1ccc([N+](=O)[O-])cc1C(=O)N1CCC(CCc2ccccc2)CC1. The fraction of sp³-hybridized carbons (Fsp3) is 0.381. The van der Waals surface area contributed by atoms with E-state index in [0.29, 0.717) is 24.8 Å². The highest BCUT2D eigenvalue weighted by molar-refractivity contribution is 5.97. The number of nitro benzene ring substituents is 1. The molecule has 3 rings (SSSR count). The largest absolute Gasteiger partial charge is 0.496 e. The number of benzene rings is 2. The fourth-order valence-corrected chi connectivity index (χ4v) is 3.59. The molecule has 1 saturated heterocycles. The average molecular weight is 368 g/mol. The van der Waals surface area contributed by atoms with Crippen LogP contribution in [-0.2, 0) is 6.42 Å². The van der Waals surface area contributed by atoms with Crippen LogP contribution in [0.1, 0.15) is 35.2 Å². The summed E-state index contributed by atoms with van der Waals surface area (Å²) in [6, 6.07) is 14.6. The number of methoxy groups -OCH3 is 1. The molecule has 0 saturated carbocycles. The minimum absolute atomic E-state index is 0.100. The van der Waals surface area contributed by atoms with Gasteiger partial charge in [-0.25, -0.2) is 0 Å². The Kier molecular flexibility index (Phi) is 6.06.